The van der Waals surface area contributed by atoms with Crippen molar-refractivity contribution < 1.29 is 13.5 Å². The second kappa shape index (κ2) is 6.09. The van der Waals surface area contributed by atoms with Crippen LogP contribution in [0.4, 0.5) is 4.39 Å². The van der Waals surface area contributed by atoms with Crippen molar-refractivity contribution in [2.24, 2.45) is 0 Å². The van der Waals surface area contributed by atoms with Crippen molar-refractivity contribution in [3.8, 4) is 17.3 Å². The van der Waals surface area contributed by atoms with E-state index in [-0.39, 0.29) is 5.82 Å². The van der Waals surface area contributed by atoms with Gasteiger partial charge in [-0.2, -0.15) is 0 Å². The molecular formula is C20H17FN2O2. The van der Waals surface area contributed by atoms with E-state index in [1.807, 2.05) is 47.9 Å². The standard InChI is InChI=1S/C20H17FN2O2/c1-13-3-10-19(25-13)20-22-17-11-15(21)6-9-18(17)23(20)12-14-4-7-16(24-2)8-5-14/h3-11H,12H2,1-2H3. The van der Waals surface area contributed by atoms with Gasteiger partial charge in [-0.05, 0) is 48.9 Å². The molecule has 0 aliphatic rings. The highest BCUT2D eigenvalue weighted by Crippen LogP contribution is 2.28. The highest BCUT2D eigenvalue weighted by molar-refractivity contribution is 5.80. The van der Waals surface area contributed by atoms with Crippen LogP contribution >= 0.6 is 0 Å². The van der Waals surface area contributed by atoms with Crippen LogP contribution in [0.15, 0.2) is 59.0 Å². The van der Waals surface area contributed by atoms with Crippen LogP contribution in [-0.2, 0) is 6.54 Å². The van der Waals surface area contributed by atoms with Crippen LogP contribution in [-0.4, -0.2) is 16.7 Å². The first-order valence-corrected chi connectivity index (χ1v) is 7.99. The van der Waals surface area contributed by atoms with Crippen LogP contribution in [0.5, 0.6) is 5.75 Å². The van der Waals surface area contributed by atoms with Crippen molar-refractivity contribution in [2.45, 2.75) is 13.5 Å². The van der Waals surface area contributed by atoms with Gasteiger partial charge in [0.25, 0.3) is 0 Å². The first-order valence-electron chi connectivity index (χ1n) is 7.99. The molecule has 0 atom stereocenters. The van der Waals surface area contributed by atoms with Crippen LogP contribution in [0.25, 0.3) is 22.6 Å². The molecule has 4 rings (SSSR count). The Labute approximate surface area is 144 Å². The summed E-state index contributed by atoms with van der Waals surface area (Å²) in [7, 11) is 1.64. The molecular weight excluding hydrogens is 319 g/mol. The van der Waals surface area contributed by atoms with E-state index in [0.29, 0.717) is 23.6 Å². The van der Waals surface area contributed by atoms with Crippen molar-refractivity contribution in [1.82, 2.24) is 9.55 Å². The molecule has 0 bridgehead atoms. The molecule has 0 saturated heterocycles. The lowest BCUT2D eigenvalue weighted by Gasteiger charge is -2.09. The number of aryl methyl sites for hydroxylation is 1. The average Bonchev–Trinajstić information content (AvgIpc) is 3.19. The van der Waals surface area contributed by atoms with Gasteiger partial charge in [-0.15, -0.1) is 0 Å². The first-order chi connectivity index (χ1) is 12.1. The monoisotopic (exact) mass is 336 g/mol. The molecule has 126 valence electrons. The van der Waals surface area contributed by atoms with Gasteiger partial charge in [0.05, 0.1) is 18.1 Å². The van der Waals surface area contributed by atoms with Gasteiger partial charge in [0, 0.05) is 12.6 Å². The molecule has 2 heterocycles. The number of hydrogen-bond acceptors (Lipinski definition) is 3. The van der Waals surface area contributed by atoms with Gasteiger partial charge in [0.1, 0.15) is 17.3 Å². The summed E-state index contributed by atoms with van der Waals surface area (Å²) in [5.74, 6) is 2.67. The van der Waals surface area contributed by atoms with Gasteiger partial charge in [-0.25, -0.2) is 9.37 Å². The average molecular weight is 336 g/mol. The summed E-state index contributed by atoms with van der Waals surface area (Å²) >= 11 is 0. The second-order valence-corrected chi connectivity index (χ2v) is 5.91. The molecule has 2 aromatic carbocycles. The number of nitrogens with zero attached hydrogens (tertiary/aromatic N) is 2. The number of aromatic nitrogens is 2. The van der Waals surface area contributed by atoms with Gasteiger partial charge in [-0.1, -0.05) is 12.1 Å². The minimum atomic E-state index is -0.302. The number of hydrogen-bond donors (Lipinski definition) is 0. The summed E-state index contributed by atoms with van der Waals surface area (Å²) in [5, 5.41) is 0. The lowest BCUT2D eigenvalue weighted by molar-refractivity contribution is 0.414. The van der Waals surface area contributed by atoms with Crippen molar-refractivity contribution in [2.75, 3.05) is 7.11 Å². The summed E-state index contributed by atoms with van der Waals surface area (Å²) < 4.78 is 26.6. The maximum absolute atomic E-state index is 13.6. The maximum atomic E-state index is 13.6. The second-order valence-electron chi connectivity index (χ2n) is 5.91. The Balaban J connectivity index is 1.84. The van der Waals surface area contributed by atoms with E-state index in [9.17, 15) is 4.39 Å². The molecule has 0 aliphatic heterocycles. The summed E-state index contributed by atoms with van der Waals surface area (Å²) in [5.41, 5.74) is 2.56. The number of benzene rings is 2. The van der Waals surface area contributed by atoms with Gasteiger partial charge in [-0.3, -0.25) is 0 Å². The lowest BCUT2D eigenvalue weighted by atomic mass is 10.2. The Morgan fingerprint density at radius 1 is 1.08 bits per heavy atom. The SMILES string of the molecule is COc1ccc(Cn2c(-c3ccc(C)o3)nc3cc(F)ccc32)cc1. The number of furan rings is 1. The molecule has 4 aromatic rings. The quantitative estimate of drug-likeness (QED) is 0.537. The Hall–Kier alpha value is -3.08. The number of ether oxygens (including phenoxy) is 1. The Morgan fingerprint density at radius 3 is 2.56 bits per heavy atom. The number of imidazole rings is 1. The predicted molar refractivity (Wildman–Crippen MR) is 94.2 cm³/mol. The van der Waals surface area contributed by atoms with E-state index in [2.05, 4.69) is 4.98 Å². The number of halogens is 1. The molecule has 5 heteroatoms. The van der Waals surface area contributed by atoms with E-state index < -0.39 is 0 Å². The Kier molecular flexibility index (Phi) is 3.76. The highest BCUT2D eigenvalue weighted by atomic mass is 19.1. The Bertz CT molecular complexity index is 1030. The third kappa shape index (κ3) is 2.89. The molecule has 0 radical (unpaired) electrons. The van der Waals surface area contributed by atoms with Gasteiger partial charge >= 0.3 is 0 Å². The fraction of sp³-hybridized carbons (Fsp3) is 0.150. The fourth-order valence-corrected chi connectivity index (χ4v) is 2.92. The minimum Gasteiger partial charge on any atom is -0.497 e. The molecule has 0 saturated carbocycles. The van der Waals surface area contributed by atoms with E-state index in [1.54, 1.807) is 13.2 Å². The van der Waals surface area contributed by atoms with Crippen molar-refractivity contribution >= 4 is 11.0 Å². The zero-order valence-electron chi connectivity index (χ0n) is 14.0. The normalized spacial score (nSPS) is 11.2. The predicted octanol–water partition coefficient (Wildman–Crippen LogP) is 4.80. The largest absolute Gasteiger partial charge is 0.497 e. The van der Waals surface area contributed by atoms with Crippen LogP contribution in [0, 0.1) is 12.7 Å². The van der Waals surface area contributed by atoms with Gasteiger partial charge in [0.15, 0.2) is 11.6 Å². The van der Waals surface area contributed by atoms with Crippen LogP contribution in [0.2, 0.25) is 0 Å². The van der Waals surface area contributed by atoms with Crippen LogP contribution in [0.1, 0.15) is 11.3 Å². The zero-order valence-corrected chi connectivity index (χ0v) is 14.0. The molecule has 0 aliphatic carbocycles. The van der Waals surface area contributed by atoms with Crippen LogP contribution < -0.4 is 4.74 Å². The number of fused-ring (bicyclic) bond motifs is 1. The molecule has 0 unspecified atom stereocenters. The van der Waals surface area contributed by atoms with E-state index in [4.69, 9.17) is 9.15 Å². The summed E-state index contributed by atoms with van der Waals surface area (Å²) in [6, 6.07) is 16.3. The summed E-state index contributed by atoms with van der Waals surface area (Å²) in [6.07, 6.45) is 0. The van der Waals surface area contributed by atoms with Crippen molar-refractivity contribution in [3.05, 3.63) is 71.7 Å². The van der Waals surface area contributed by atoms with Crippen LogP contribution in [0.3, 0.4) is 0 Å². The summed E-state index contributed by atoms with van der Waals surface area (Å²) in [6.45, 7) is 2.49. The number of methoxy groups -OCH3 is 1. The summed E-state index contributed by atoms with van der Waals surface area (Å²) in [4.78, 5) is 4.59. The minimum absolute atomic E-state index is 0.302. The molecule has 25 heavy (non-hydrogen) atoms. The third-order valence-corrected chi connectivity index (χ3v) is 4.17. The fourth-order valence-electron chi connectivity index (χ4n) is 2.92. The highest BCUT2D eigenvalue weighted by Gasteiger charge is 2.16. The van der Waals surface area contributed by atoms with E-state index >= 15 is 0 Å². The molecule has 0 amide bonds. The Morgan fingerprint density at radius 2 is 1.88 bits per heavy atom. The van der Waals surface area contributed by atoms with Crippen molar-refractivity contribution in [3.63, 3.8) is 0 Å². The molecule has 4 nitrogen and oxygen atoms in total. The van der Waals surface area contributed by atoms with E-state index in [1.165, 1.54) is 12.1 Å². The van der Waals surface area contributed by atoms with E-state index in [0.717, 1.165) is 22.6 Å². The lowest BCUT2D eigenvalue weighted by Crippen LogP contribution is -2.02. The van der Waals surface area contributed by atoms with Crippen molar-refractivity contribution in [1.29, 1.82) is 0 Å². The number of rotatable bonds is 4. The molecule has 0 spiro atoms. The first kappa shape index (κ1) is 15.4. The molecule has 0 fully saturated rings. The maximum Gasteiger partial charge on any atom is 0.177 e. The van der Waals surface area contributed by atoms with Gasteiger partial charge < -0.3 is 13.7 Å². The molecule has 2 aromatic heterocycles. The topological polar surface area (TPSA) is 40.2 Å². The zero-order chi connectivity index (χ0) is 17.4. The molecule has 0 N–H and O–H groups in total. The van der Waals surface area contributed by atoms with Gasteiger partial charge in [0.2, 0.25) is 0 Å². The third-order valence-electron chi connectivity index (χ3n) is 4.17. The smallest absolute Gasteiger partial charge is 0.177 e.